The molecule has 0 aliphatic heterocycles. The van der Waals surface area contributed by atoms with Crippen molar-refractivity contribution >= 4 is 17.9 Å². The van der Waals surface area contributed by atoms with Crippen molar-refractivity contribution in [1.29, 1.82) is 0 Å². The van der Waals surface area contributed by atoms with Crippen LogP contribution in [-0.2, 0) is 28.6 Å². The fourth-order valence-corrected chi connectivity index (χ4v) is 6.78. The number of carbonyl (C=O) groups excluding carboxylic acids is 2. The van der Waals surface area contributed by atoms with Crippen molar-refractivity contribution in [3.63, 3.8) is 0 Å². The summed E-state index contributed by atoms with van der Waals surface area (Å²) in [5.41, 5.74) is 0. The first-order chi connectivity index (χ1) is 26.6. The average molecular weight is 779 g/mol. The lowest BCUT2D eigenvalue weighted by molar-refractivity contribution is -0.887. The van der Waals surface area contributed by atoms with E-state index in [1.54, 1.807) is 0 Å². The number of likely N-dealkylation sites (N-methyl/N-ethyl adjacent to an activating group) is 1. The lowest BCUT2D eigenvalue weighted by atomic mass is 10.0. The molecule has 0 heterocycles. The monoisotopic (exact) mass is 779 g/mol. The minimum Gasteiger partial charge on any atom is -0.477 e. The van der Waals surface area contributed by atoms with Crippen LogP contribution in [0.4, 0.5) is 0 Å². The van der Waals surface area contributed by atoms with Crippen molar-refractivity contribution < 1.29 is 38.2 Å². The Kier molecular flexibility index (Phi) is 37.1. The van der Waals surface area contributed by atoms with Gasteiger partial charge in [-0.1, -0.05) is 179 Å². The first-order valence-corrected chi connectivity index (χ1v) is 22.9. The van der Waals surface area contributed by atoms with Crippen LogP contribution >= 0.6 is 0 Å². The molecule has 0 aliphatic rings. The predicted molar refractivity (Wildman–Crippen MR) is 229 cm³/mol. The topological polar surface area (TPSA) is 99.1 Å². The van der Waals surface area contributed by atoms with Gasteiger partial charge in [-0.25, -0.2) is 4.79 Å². The molecule has 322 valence electrons. The smallest absolute Gasteiger partial charge is 0.362 e. The van der Waals surface area contributed by atoms with Gasteiger partial charge in [0.1, 0.15) is 6.61 Å². The third-order valence-corrected chi connectivity index (χ3v) is 10.4. The van der Waals surface area contributed by atoms with E-state index in [9.17, 15) is 19.5 Å². The van der Waals surface area contributed by atoms with Crippen LogP contribution in [0.2, 0.25) is 0 Å². The summed E-state index contributed by atoms with van der Waals surface area (Å²) >= 11 is 0. The molecule has 0 radical (unpaired) electrons. The third kappa shape index (κ3) is 37.2. The van der Waals surface area contributed by atoms with Gasteiger partial charge < -0.3 is 23.8 Å². The number of esters is 2. The fourth-order valence-electron chi connectivity index (χ4n) is 6.78. The van der Waals surface area contributed by atoms with Gasteiger partial charge in [-0.3, -0.25) is 9.59 Å². The number of unbranched alkanes of at least 4 members (excludes halogenated alkanes) is 24. The lowest BCUT2D eigenvalue weighted by Crippen LogP contribution is -2.50. The highest BCUT2D eigenvalue weighted by Gasteiger charge is 2.31. The van der Waals surface area contributed by atoms with Crippen molar-refractivity contribution in [3.05, 3.63) is 24.3 Å². The van der Waals surface area contributed by atoms with E-state index in [4.69, 9.17) is 14.2 Å². The van der Waals surface area contributed by atoms with E-state index in [0.29, 0.717) is 19.3 Å². The summed E-state index contributed by atoms with van der Waals surface area (Å²) in [6.45, 7) is 4.67. The second-order valence-electron chi connectivity index (χ2n) is 16.7. The van der Waals surface area contributed by atoms with E-state index < -0.39 is 18.1 Å². The van der Waals surface area contributed by atoms with Crippen LogP contribution in [0.5, 0.6) is 0 Å². The highest BCUT2D eigenvalue weighted by atomic mass is 16.6. The minimum absolute atomic E-state index is 0.0539. The van der Waals surface area contributed by atoms with Crippen LogP contribution in [0.25, 0.3) is 0 Å². The molecule has 0 saturated carbocycles. The first kappa shape index (κ1) is 52.8. The normalized spacial score (nSPS) is 13.1. The van der Waals surface area contributed by atoms with Crippen LogP contribution < -0.4 is 0 Å². The minimum atomic E-state index is -0.878. The molecule has 0 aliphatic carbocycles. The van der Waals surface area contributed by atoms with E-state index in [1.165, 1.54) is 122 Å². The molecule has 0 spiro atoms. The molecule has 2 atom stereocenters. The molecule has 55 heavy (non-hydrogen) atoms. The first-order valence-electron chi connectivity index (χ1n) is 22.9. The molecule has 0 aromatic heterocycles. The molecule has 1 N–H and O–H groups in total. The largest absolute Gasteiger partial charge is 0.477 e. The van der Waals surface area contributed by atoms with Crippen molar-refractivity contribution in [2.75, 3.05) is 41.0 Å². The van der Waals surface area contributed by atoms with Crippen molar-refractivity contribution in [2.45, 2.75) is 219 Å². The Labute approximate surface area is 339 Å². The van der Waals surface area contributed by atoms with Gasteiger partial charge in [-0.05, 0) is 32.1 Å². The molecule has 8 nitrogen and oxygen atoms in total. The predicted octanol–water partition coefficient (Wildman–Crippen LogP) is 12.5. The number of hydrogen-bond acceptors (Lipinski definition) is 6. The molecule has 0 aromatic rings. The molecule has 0 aromatic carbocycles. The van der Waals surface area contributed by atoms with Crippen LogP contribution in [0, 0.1) is 0 Å². The van der Waals surface area contributed by atoms with E-state index in [1.807, 2.05) is 21.1 Å². The summed E-state index contributed by atoms with van der Waals surface area (Å²) in [6.07, 6.45) is 42.3. The van der Waals surface area contributed by atoms with Gasteiger partial charge in [0.15, 0.2) is 12.1 Å². The lowest BCUT2D eigenvalue weighted by Gasteiger charge is -2.31. The maximum Gasteiger partial charge on any atom is 0.362 e. The maximum atomic E-state index is 12.7. The van der Waals surface area contributed by atoms with Crippen LogP contribution in [-0.4, -0.2) is 80.6 Å². The maximum absolute atomic E-state index is 12.7. The van der Waals surface area contributed by atoms with E-state index in [-0.39, 0.29) is 36.2 Å². The van der Waals surface area contributed by atoms with Crippen molar-refractivity contribution in [3.8, 4) is 0 Å². The summed E-state index contributed by atoms with van der Waals surface area (Å²) in [6, 6.07) is -0.616. The van der Waals surface area contributed by atoms with E-state index in [2.05, 4.69) is 38.2 Å². The fraction of sp³-hybridized carbons (Fsp3) is 0.851. The Morgan fingerprint density at radius 2 is 0.964 bits per heavy atom. The van der Waals surface area contributed by atoms with Crippen LogP contribution in [0.1, 0.15) is 206 Å². The van der Waals surface area contributed by atoms with Gasteiger partial charge in [0.05, 0.1) is 34.4 Å². The Hall–Kier alpha value is -2.19. The van der Waals surface area contributed by atoms with Gasteiger partial charge in [0.2, 0.25) is 0 Å². The zero-order valence-electron chi connectivity index (χ0n) is 36.6. The Morgan fingerprint density at radius 3 is 1.42 bits per heavy atom. The highest BCUT2D eigenvalue weighted by Crippen LogP contribution is 2.16. The van der Waals surface area contributed by atoms with Crippen LogP contribution in [0.3, 0.4) is 0 Å². The van der Waals surface area contributed by atoms with Gasteiger partial charge in [-0.2, -0.15) is 0 Å². The molecule has 0 amide bonds. The average Bonchev–Trinajstić information content (AvgIpc) is 3.14. The summed E-state index contributed by atoms with van der Waals surface area (Å²) in [5.74, 6) is -1.49. The Morgan fingerprint density at radius 1 is 0.545 bits per heavy atom. The summed E-state index contributed by atoms with van der Waals surface area (Å²) in [4.78, 5) is 36.9. The molecular formula is C47H88NO7+. The number of hydrogen-bond donors (Lipinski definition) is 1. The van der Waals surface area contributed by atoms with Crippen molar-refractivity contribution in [1.82, 2.24) is 0 Å². The molecule has 8 heteroatoms. The Balaban J connectivity index is 4.22. The number of carbonyl (C=O) groups is 3. The zero-order valence-corrected chi connectivity index (χ0v) is 36.6. The number of nitrogens with zero attached hydrogens (tertiary/aromatic N) is 1. The second kappa shape index (κ2) is 38.7. The SMILES string of the molecule is CCCC/C=C/C=C/CCCCCC(=O)OC(COCCC(C(=O)O)[N+](C)(C)C)COC(=O)CCCCCCCCCCCCCCCCCCCCCC. The van der Waals surface area contributed by atoms with Crippen LogP contribution in [0.15, 0.2) is 24.3 Å². The zero-order chi connectivity index (χ0) is 40.7. The number of ether oxygens (including phenoxy) is 3. The number of quaternary nitrogens is 1. The number of allylic oxidation sites excluding steroid dienone is 4. The molecule has 0 rings (SSSR count). The molecule has 2 unspecified atom stereocenters. The van der Waals surface area contributed by atoms with Gasteiger partial charge in [0, 0.05) is 19.3 Å². The summed E-state index contributed by atoms with van der Waals surface area (Å²) in [5, 5.41) is 9.61. The summed E-state index contributed by atoms with van der Waals surface area (Å²) in [7, 11) is 5.52. The van der Waals surface area contributed by atoms with Gasteiger partial charge in [-0.15, -0.1) is 0 Å². The Bertz CT molecular complexity index is 957. The molecule has 0 bridgehead atoms. The number of rotatable bonds is 41. The summed E-state index contributed by atoms with van der Waals surface area (Å²) < 4.78 is 17.2. The van der Waals surface area contributed by atoms with Crippen molar-refractivity contribution in [2.24, 2.45) is 0 Å². The number of aliphatic carboxylic acids is 1. The standard InChI is InChI=1S/C47H87NO7/c1-6-8-10-12-14-16-18-19-20-21-22-23-24-25-26-28-29-31-33-35-37-45(49)54-42-43(41-53-40-39-44(47(51)52)48(3,4)5)55-46(50)38-36-34-32-30-27-17-15-13-11-9-7-2/h13,15,17,27,43-44H,6-12,14,16,18-26,28-42H2,1-5H3/p+1/b15-13+,27-17+. The highest BCUT2D eigenvalue weighted by molar-refractivity contribution is 5.72. The van der Waals surface area contributed by atoms with E-state index in [0.717, 1.165) is 51.4 Å². The number of carboxylic acid groups (broad SMARTS) is 1. The molecule has 0 fully saturated rings. The molecular weight excluding hydrogens is 691 g/mol. The second-order valence-corrected chi connectivity index (χ2v) is 16.7. The number of carboxylic acids is 1. The van der Waals surface area contributed by atoms with Gasteiger partial charge >= 0.3 is 17.9 Å². The van der Waals surface area contributed by atoms with Gasteiger partial charge in [0.25, 0.3) is 0 Å². The van der Waals surface area contributed by atoms with E-state index >= 15 is 0 Å². The third-order valence-electron chi connectivity index (χ3n) is 10.4. The molecule has 0 saturated heterocycles. The quantitative estimate of drug-likeness (QED) is 0.0285.